The molecule has 20 heavy (non-hydrogen) atoms. The summed E-state index contributed by atoms with van der Waals surface area (Å²) in [5.41, 5.74) is 0.777. The van der Waals surface area contributed by atoms with Crippen LogP contribution in [0.3, 0.4) is 0 Å². The quantitative estimate of drug-likeness (QED) is 0.779. The van der Waals surface area contributed by atoms with E-state index in [9.17, 15) is 13.2 Å². The van der Waals surface area contributed by atoms with Crippen LogP contribution in [0.15, 0.2) is 42.6 Å². The summed E-state index contributed by atoms with van der Waals surface area (Å²) in [6, 6.07) is 8.66. The second-order valence-corrected chi connectivity index (χ2v) is 4.00. The monoisotopic (exact) mass is 303 g/mol. The topological polar surface area (TPSA) is 31.4 Å². The highest BCUT2D eigenvalue weighted by Crippen LogP contribution is 2.34. The molecule has 0 unspecified atom stereocenters. The van der Waals surface area contributed by atoms with Crippen molar-refractivity contribution in [1.82, 2.24) is 4.98 Å². The SMILES string of the molecule is FC(F)(F)Oc1ccccc1Oc1ccc(CCl)cn1. The van der Waals surface area contributed by atoms with Gasteiger partial charge in [0.15, 0.2) is 11.5 Å². The minimum atomic E-state index is -4.78. The highest BCUT2D eigenvalue weighted by Gasteiger charge is 2.32. The van der Waals surface area contributed by atoms with Gasteiger partial charge < -0.3 is 9.47 Å². The lowest BCUT2D eigenvalue weighted by Gasteiger charge is -2.13. The number of halogens is 4. The lowest BCUT2D eigenvalue weighted by atomic mass is 10.3. The van der Waals surface area contributed by atoms with Gasteiger partial charge >= 0.3 is 6.36 Å². The standard InChI is InChI=1S/C13H9ClF3NO2/c14-7-9-5-6-12(18-8-9)19-10-3-1-2-4-11(10)20-13(15,16)17/h1-6,8H,7H2. The van der Waals surface area contributed by atoms with Crippen molar-refractivity contribution in [2.75, 3.05) is 0 Å². The second-order valence-electron chi connectivity index (χ2n) is 3.73. The number of aromatic nitrogens is 1. The van der Waals surface area contributed by atoms with Crippen LogP contribution >= 0.6 is 11.6 Å². The molecule has 2 rings (SSSR count). The average molecular weight is 304 g/mol. The molecule has 0 atom stereocenters. The van der Waals surface area contributed by atoms with Gasteiger partial charge in [-0.15, -0.1) is 24.8 Å². The fourth-order valence-corrected chi connectivity index (χ4v) is 1.56. The number of alkyl halides is 4. The molecule has 0 N–H and O–H groups in total. The number of hydrogen-bond acceptors (Lipinski definition) is 3. The normalized spacial score (nSPS) is 11.2. The number of benzene rings is 1. The maximum Gasteiger partial charge on any atom is 0.573 e. The van der Waals surface area contributed by atoms with E-state index in [0.717, 1.165) is 11.6 Å². The van der Waals surface area contributed by atoms with Crippen molar-refractivity contribution in [1.29, 1.82) is 0 Å². The maximum atomic E-state index is 12.3. The molecule has 0 fully saturated rings. The molecule has 0 radical (unpaired) electrons. The Morgan fingerprint density at radius 1 is 1.05 bits per heavy atom. The summed E-state index contributed by atoms with van der Waals surface area (Å²) in [5, 5.41) is 0. The summed E-state index contributed by atoms with van der Waals surface area (Å²) < 4.78 is 45.9. The van der Waals surface area contributed by atoms with E-state index in [0.29, 0.717) is 5.88 Å². The molecule has 0 amide bonds. The molecule has 7 heteroatoms. The van der Waals surface area contributed by atoms with E-state index >= 15 is 0 Å². The molecule has 0 bridgehead atoms. The van der Waals surface area contributed by atoms with Crippen LogP contribution in [0.2, 0.25) is 0 Å². The summed E-state index contributed by atoms with van der Waals surface area (Å²) >= 11 is 5.61. The fourth-order valence-electron chi connectivity index (χ4n) is 1.41. The fraction of sp³-hybridized carbons (Fsp3) is 0.154. The molecule has 0 saturated carbocycles. The molecule has 0 saturated heterocycles. The molecule has 0 aliphatic heterocycles. The Hall–Kier alpha value is -1.95. The summed E-state index contributed by atoms with van der Waals surface area (Å²) in [5.74, 6) is -0.0580. The van der Waals surface area contributed by atoms with Crippen LogP contribution in [-0.4, -0.2) is 11.3 Å². The van der Waals surface area contributed by atoms with E-state index in [4.69, 9.17) is 16.3 Å². The maximum absolute atomic E-state index is 12.3. The molecular weight excluding hydrogens is 295 g/mol. The molecule has 2 aromatic rings. The largest absolute Gasteiger partial charge is 0.573 e. The van der Waals surface area contributed by atoms with E-state index in [1.807, 2.05) is 0 Å². The molecular formula is C13H9ClF3NO2. The van der Waals surface area contributed by atoms with Crippen molar-refractivity contribution in [3.8, 4) is 17.4 Å². The van der Waals surface area contributed by atoms with Gasteiger partial charge in [0.1, 0.15) is 0 Å². The van der Waals surface area contributed by atoms with Crippen molar-refractivity contribution in [3.05, 3.63) is 48.2 Å². The Kier molecular flexibility index (Phi) is 4.34. The lowest BCUT2D eigenvalue weighted by Crippen LogP contribution is -2.17. The lowest BCUT2D eigenvalue weighted by molar-refractivity contribution is -0.275. The third-order valence-electron chi connectivity index (χ3n) is 2.24. The molecule has 0 spiro atoms. The molecule has 1 aromatic carbocycles. The van der Waals surface area contributed by atoms with Gasteiger partial charge in [-0.1, -0.05) is 18.2 Å². The third-order valence-corrected chi connectivity index (χ3v) is 2.55. The first-order valence-electron chi connectivity index (χ1n) is 5.51. The van der Waals surface area contributed by atoms with Gasteiger partial charge in [-0.2, -0.15) is 0 Å². The van der Waals surface area contributed by atoms with Gasteiger partial charge in [-0.25, -0.2) is 4.98 Å². The zero-order valence-corrected chi connectivity index (χ0v) is 10.8. The van der Waals surface area contributed by atoms with E-state index in [2.05, 4.69) is 9.72 Å². The van der Waals surface area contributed by atoms with Gasteiger partial charge in [0.2, 0.25) is 5.88 Å². The summed E-state index contributed by atoms with van der Waals surface area (Å²) in [7, 11) is 0. The number of nitrogens with zero attached hydrogens (tertiary/aromatic N) is 1. The van der Waals surface area contributed by atoms with Gasteiger partial charge in [0.25, 0.3) is 0 Å². The predicted octanol–water partition coefficient (Wildman–Crippen LogP) is 4.51. The van der Waals surface area contributed by atoms with Crippen LogP contribution in [0.1, 0.15) is 5.56 Å². The minimum Gasteiger partial charge on any atom is -0.435 e. The Morgan fingerprint density at radius 2 is 1.75 bits per heavy atom. The molecule has 1 aromatic heterocycles. The summed E-state index contributed by atoms with van der Waals surface area (Å²) in [6.07, 6.45) is -3.30. The van der Waals surface area contributed by atoms with Crippen LogP contribution in [-0.2, 0) is 5.88 Å². The van der Waals surface area contributed by atoms with Crippen LogP contribution in [0.25, 0.3) is 0 Å². The zero-order chi connectivity index (χ0) is 14.6. The van der Waals surface area contributed by atoms with Crippen LogP contribution in [0.4, 0.5) is 13.2 Å². The van der Waals surface area contributed by atoms with Gasteiger partial charge in [0.05, 0.1) is 0 Å². The Morgan fingerprint density at radius 3 is 2.30 bits per heavy atom. The van der Waals surface area contributed by atoms with E-state index in [1.54, 1.807) is 6.07 Å². The Balaban J connectivity index is 2.19. The number of pyridine rings is 1. The number of hydrogen-bond donors (Lipinski definition) is 0. The van der Waals surface area contributed by atoms with Gasteiger partial charge in [-0.05, 0) is 17.7 Å². The highest BCUT2D eigenvalue weighted by atomic mass is 35.5. The van der Waals surface area contributed by atoms with Crippen LogP contribution < -0.4 is 9.47 Å². The third kappa shape index (κ3) is 4.03. The molecule has 0 aliphatic rings. The summed E-state index contributed by atoms with van der Waals surface area (Å²) in [4.78, 5) is 3.94. The summed E-state index contributed by atoms with van der Waals surface area (Å²) in [6.45, 7) is 0. The second kappa shape index (κ2) is 6.00. The van der Waals surface area contributed by atoms with Crippen molar-refractivity contribution in [2.45, 2.75) is 12.2 Å². The highest BCUT2D eigenvalue weighted by molar-refractivity contribution is 6.17. The Labute approximate surface area is 117 Å². The van der Waals surface area contributed by atoms with Crippen molar-refractivity contribution >= 4 is 11.6 Å². The van der Waals surface area contributed by atoms with E-state index < -0.39 is 12.1 Å². The average Bonchev–Trinajstić information content (AvgIpc) is 2.40. The predicted molar refractivity (Wildman–Crippen MR) is 67.0 cm³/mol. The molecule has 1 heterocycles. The minimum absolute atomic E-state index is 0.0732. The molecule has 0 aliphatic carbocycles. The van der Waals surface area contributed by atoms with Crippen LogP contribution in [0, 0.1) is 0 Å². The van der Waals surface area contributed by atoms with E-state index in [1.165, 1.54) is 30.5 Å². The Bertz CT molecular complexity index is 573. The number of para-hydroxylation sites is 2. The number of ether oxygens (including phenoxy) is 2. The first kappa shape index (κ1) is 14.5. The first-order chi connectivity index (χ1) is 9.48. The van der Waals surface area contributed by atoms with Gasteiger partial charge in [0, 0.05) is 18.1 Å². The van der Waals surface area contributed by atoms with E-state index in [-0.39, 0.29) is 11.6 Å². The smallest absolute Gasteiger partial charge is 0.435 e. The molecule has 3 nitrogen and oxygen atoms in total. The number of rotatable bonds is 4. The van der Waals surface area contributed by atoms with Crippen molar-refractivity contribution in [3.63, 3.8) is 0 Å². The van der Waals surface area contributed by atoms with Crippen LogP contribution in [0.5, 0.6) is 17.4 Å². The first-order valence-corrected chi connectivity index (χ1v) is 6.05. The molecule has 106 valence electrons. The van der Waals surface area contributed by atoms with Crippen molar-refractivity contribution in [2.24, 2.45) is 0 Å². The van der Waals surface area contributed by atoms with Crippen molar-refractivity contribution < 1.29 is 22.6 Å². The zero-order valence-electron chi connectivity index (χ0n) is 10.0. The van der Waals surface area contributed by atoms with Gasteiger partial charge in [-0.3, -0.25) is 0 Å².